The molecule has 0 aromatic heterocycles. The number of nitrogens with zero attached hydrogens (tertiary/aromatic N) is 2. The number of ether oxygens (including phenoxy) is 1. The van der Waals surface area contributed by atoms with Crippen LogP contribution >= 0.6 is 11.6 Å². The van der Waals surface area contributed by atoms with E-state index >= 15 is 0 Å². The molecule has 3 rings (SSSR count). The van der Waals surface area contributed by atoms with Gasteiger partial charge in [-0.2, -0.15) is 0 Å². The average Bonchev–Trinajstić information content (AvgIpc) is 3.16. The Morgan fingerprint density at radius 3 is 1.86 bits per heavy atom. The molecule has 1 amide bonds. The molecule has 0 saturated carbocycles. The summed E-state index contributed by atoms with van der Waals surface area (Å²) in [5, 5.41) is 0.634. The predicted octanol–water partition coefficient (Wildman–Crippen LogP) is 11.6. The molecule has 0 radical (unpaired) electrons. The second-order valence-corrected chi connectivity index (χ2v) is 13.6. The van der Waals surface area contributed by atoms with E-state index in [4.69, 9.17) is 16.3 Å². The van der Waals surface area contributed by atoms with Crippen LogP contribution in [0.1, 0.15) is 111 Å². The van der Waals surface area contributed by atoms with Gasteiger partial charge in [0.2, 0.25) is 5.91 Å². The molecule has 0 bridgehead atoms. The third-order valence-corrected chi connectivity index (χ3v) is 8.34. The molecule has 0 N–H and O–H groups in total. The molecule has 1 heterocycles. The fraction of sp³-hybridized carbons (Fsp3) is 0.419. The molecule has 0 saturated heterocycles. The van der Waals surface area contributed by atoms with Crippen molar-refractivity contribution >= 4 is 34.9 Å². The number of anilines is 1. The number of fused-ring (bicyclic) bond motifs is 1. The number of carbonyl (C=O) groups excluding carboxylic acids is 2. The summed E-state index contributed by atoms with van der Waals surface area (Å²) in [6.45, 7) is 15.5. The number of esters is 1. The predicted molar refractivity (Wildman–Crippen MR) is 210 cm³/mol. The Hall–Kier alpha value is -3.96. The smallest absolute Gasteiger partial charge is 0.306 e. The van der Waals surface area contributed by atoms with Crippen LogP contribution in [0.4, 0.5) is 5.69 Å². The van der Waals surface area contributed by atoms with E-state index in [-0.39, 0.29) is 18.4 Å². The zero-order valence-corrected chi connectivity index (χ0v) is 31.8. The number of allylic oxidation sites excluding steroid dienone is 9. The highest BCUT2D eigenvalue weighted by Gasteiger charge is 2.22. The number of likely N-dealkylation sites (N-methyl/N-ethyl adjacent to an activating group) is 1. The van der Waals surface area contributed by atoms with Crippen molar-refractivity contribution in [1.29, 1.82) is 0 Å². The first-order valence-electron chi connectivity index (χ1n) is 17.4. The van der Waals surface area contributed by atoms with E-state index in [1.165, 1.54) is 27.9 Å². The van der Waals surface area contributed by atoms with Gasteiger partial charge < -0.3 is 9.64 Å². The van der Waals surface area contributed by atoms with Crippen LogP contribution in [0.5, 0.6) is 0 Å². The van der Waals surface area contributed by atoms with Gasteiger partial charge in [-0.05, 0) is 118 Å². The minimum Gasteiger partial charge on any atom is -0.461 e. The van der Waals surface area contributed by atoms with Crippen molar-refractivity contribution in [3.8, 4) is 0 Å². The van der Waals surface area contributed by atoms with Crippen LogP contribution in [0, 0.1) is 0 Å². The fourth-order valence-corrected chi connectivity index (χ4v) is 5.29. The van der Waals surface area contributed by atoms with Crippen molar-refractivity contribution < 1.29 is 14.3 Å². The van der Waals surface area contributed by atoms with Crippen molar-refractivity contribution in [2.75, 3.05) is 25.1 Å². The SMILES string of the molecule is CC(C)=CCC/C(C)=C/CC/C(C)=C/CCC(=O)OC/C=C(\C)CCC=C(C)C.CN1C(=O)CN=C(c2ccccc2)c2cc(Cl)ccc21. The van der Waals surface area contributed by atoms with Gasteiger partial charge >= 0.3 is 5.97 Å². The summed E-state index contributed by atoms with van der Waals surface area (Å²) < 4.78 is 5.31. The Kier molecular flexibility index (Phi) is 19.0. The van der Waals surface area contributed by atoms with Gasteiger partial charge in [0.1, 0.15) is 13.2 Å². The summed E-state index contributed by atoms with van der Waals surface area (Å²) in [7, 11) is 1.76. The molecule has 1 aliphatic heterocycles. The van der Waals surface area contributed by atoms with Gasteiger partial charge in [-0.3, -0.25) is 14.6 Å². The lowest BCUT2D eigenvalue weighted by molar-refractivity contribution is -0.142. The first-order chi connectivity index (χ1) is 23.4. The van der Waals surface area contributed by atoms with Crippen LogP contribution in [-0.4, -0.2) is 37.8 Å². The maximum atomic E-state index is 12.0. The van der Waals surface area contributed by atoms with Gasteiger partial charge in [0, 0.05) is 29.6 Å². The Balaban J connectivity index is 0.000000360. The zero-order valence-electron chi connectivity index (χ0n) is 31.1. The first kappa shape index (κ1) is 41.2. The summed E-state index contributed by atoms with van der Waals surface area (Å²) in [6, 6.07) is 15.3. The van der Waals surface area contributed by atoms with E-state index < -0.39 is 0 Å². The minimum atomic E-state index is -0.114. The van der Waals surface area contributed by atoms with Crippen molar-refractivity contribution in [1.82, 2.24) is 0 Å². The standard InChI is InChI=1S/C27H44O2.C16H13ClN2O/c1-22(2)12-8-14-24(5)16-10-17-25(6)18-11-19-27(28)29-21-20-26(7)15-9-13-23(3)4;1-19-14-8-7-12(17)9-13(14)16(18-10-15(19)20)11-5-3-2-4-6-11/h12-13,16,18,20H,8-11,14-15,17,19,21H2,1-7H3;2-9H,10H2,1H3/b24-16+,25-18+,26-20+;. The maximum Gasteiger partial charge on any atom is 0.306 e. The minimum absolute atomic E-state index is 0.0282. The largest absolute Gasteiger partial charge is 0.461 e. The third kappa shape index (κ3) is 16.8. The van der Waals surface area contributed by atoms with E-state index in [0.29, 0.717) is 18.1 Å². The summed E-state index contributed by atoms with van der Waals surface area (Å²) in [5.41, 5.74) is 10.3. The lowest BCUT2D eigenvalue weighted by Crippen LogP contribution is -2.27. The highest BCUT2D eigenvalue weighted by atomic mass is 35.5. The molecule has 6 heteroatoms. The third-order valence-electron chi connectivity index (χ3n) is 8.10. The average molecular weight is 685 g/mol. The molecule has 0 unspecified atom stereocenters. The van der Waals surface area contributed by atoms with Crippen molar-refractivity contribution in [3.05, 3.63) is 123 Å². The van der Waals surface area contributed by atoms with Crippen LogP contribution in [0.3, 0.4) is 0 Å². The van der Waals surface area contributed by atoms with Crippen molar-refractivity contribution in [2.24, 2.45) is 4.99 Å². The zero-order chi connectivity index (χ0) is 36.2. The second-order valence-electron chi connectivity index (χ2n) is 13.2. The number of hydrogen-bond acceptors (Lipinski definition) is 4. The van der Waals surface area contributed by atoms with Crippen LogP contribution in [0.15, 0.2) is 112 Å². The van der Waals surface area contributed by atoms with Crippen LogP contribution < -0.4 is 4.90 Å². The van der Waals surface area contributed by atoms with Crippen LogP contribution in [0.25, 0.3) is 0 Å². The summed E-state index contributed by atoms with van der Waals surface area (Å²) in [5.74, 6) is -0.142. The second kappa shape index (κ2) is 22.6. The summed E-state index contributed by atoms with van der Waals surface area (Å²) in [6.07, 6.45) is 18.8. The number of benzodiazepines with no additional fused rings is 1. The summed E-state index contributed by atoms with van der Waals surface area (Å²) >= 11 is 6.11. The van der Waals surface area contributed by atoms with E-state index in [0.717, 1.165) is 67.5 Å². The van der Waals surface area contributed by atoms with Crippen LogP contribution in [-0.2, 0) is 14.3 Å². The highest BCUT2D eigenvalue weighted by molar-refractivity contribution is 6.32. The van der Waals surface area contributed by atoms with E-state index in [2.05, 4.69) is 77.8 Å². The van der Waals surface area contributed by atoms with E-state index in [9.17, 15) is 9.59 Å². The molecule has 49 heavy (non-hydrogen) atoms. The van der Waals surface area contributed by atoms with Crippen molar-refractivity contribution in [3.63, 3.8) is 0 Å². The number of rotatable bonds is 15. The van der Waals surface area contributed by atoms with E-state index in [1.807, 2.05) is 48.5 Å². The summed E-state index contributed by atoms with van der Waals surface area (Å²) in [4.78, 5) is 30.0. The lowest BCUT2D eigenvalue weighted by atomic mass is 10.0. The Bertz CT molecular complexity index is 1550. The molecule has 2 aromatic rings. The number of hydrogen-bond donors (Lipinski definition) is 0. The lowest BCUT2D eigenvalue weighted by Gasteiger charge is -2.18. The molecular formula is C43H57ClN2O3. The van der Waals surface area contributed by atoms with Gasteiger partial charge in [0.15, 0.2) is 0 Å². The quantitative estimate of drug-likeness (QED) is 0.139. The number of halogens is 1. The first-order valence-corrected chi connectivity index (χ1v) is 17.8. The molecule has 0 atom stereocenters. The normalized spacial score (nSPS) is 13.4. The molecule has 0 fully saturated rings. The van der Waals surface area contributed by atoms with Gasteiger partial charge in [0.05, 0.1) is 11.4 Å². The molecule has 0 aliphatic carbocycles. The number of amides is 1. The van der Waals surface area contributed by atoms with Gasteiger partial charge in [-0.15, -0.1) is 0 Å². The molecule has 1 aliphatic rings. The van der Waals surface area contributed by atoms with Crippen LogP contribution in [0.2, 0.25) is 5.02 Å². The van der Waals surface area contributed by atoms with Gasteiger partial charge in [-0.1, -0.05) is 94.1 Å². The maximum absolute atomic E-state index is 12.0. The molecule has 0 spiro atoms. The monoisotopic (exact) mass is 684 g/mol. The fourth-order valence-electron chi connectivity index (χ4n) is 5.12. The highest BCUT2D eigenvalue weighted by Crippen LogP contribution is 2.28. The topological polar surface area (TPSA) is 59.0 Å². The molecule has 264 valence electrons. The molecular weight excluding hydrogens is 628 g/mol. The van der Waals surface area contributed by atoms with Gasteiger partial charge in [0.25, 0.3) is 0 Å². The van der Waals surface area contributed by atoms with Gasteiger partial charge in [-0.25, -0.2) is 0 Å². The number of carbonyl (C=O) groups is 2. The molecule has 2 aromatic carbocycles. The Labute approximate surface area is 301 Å². The number of benzene rings is 2. The van der Waals surface area contributed by atoms with E-state index in [1.54, 1.807) is 18.0 Å². The molecule has 5 nitrogen and oxygen atoms in total. The Morgan fingerprint density at radius 1 is 0.755 bits per heavy atom. The number of aliphatic imine (C=N–C) groups is 1. The Morgan fingerprint density at radius 2 is 1.29 bits per heavy atom. The van der Waals surface area contributed by atoms with Crippen molar-refractivity contribution in [2.45, 2.75) is 99.8 Å².